The third kappa shape index (κ3) is 3.87. The van der Waals surface area contributed by atoms with E-state index in [9.17, 15) is 21.6 Å². The van der Waals surface area contributed by atoms with Gasteiger partial charge < -0.3 is 0 Å². The quantitative estimate of drug-likeness (QED) is 0.627. The minimum absolute atomic E-state index is 0.0199. The van der Waals surface area contributed by atoms with Crippen LogP contribution in [0.15, 0.2) is 40.6 Å². The van der Waals surface area contributed by atoms with Gasteiger partial charge in [-0.05, 0) is 48.9 Å². The van der Waals surface area contributed by atoms with E-state index in [1.54, 1.807) is 19.1 Å². The maximum atomic E-state index is 12.6. The zero-order chi connectivity index (χ0) is 19.1. The van der Waals surface area contributed by atoms with Gasteiger partial charge in [-0.2, -0.15) is 18.3 Å². The molecule has 0 amide bonds. The highest BCUT2D eigenvalue weighted by atomic mass is 35.5. The normalized spacial score (nSPS) is 12.3. The van der Waals surface area contributed by atoms with E-state index >= 15 is 0 Å². The number of aromatic amines is 1. The maximum absolute atomic E-state index is 12.6. The number of hydrogen-bond acceptors (Lipinski definition) is 4. The van der Waals surface area contributed by atoms with Crippen molar-refractivity contribution in [3.63, 3.8) is 0 Å². The number of H-pyrrole nitrogens is 1. The van der Waals surface area contributed by atoms with Crippen LogP contribution >= 0.6 is 22.9 Å². The Morgan fingerprint density at radius 3 is 2.54 bits per heavy atom. The minimum Gasteiger partial charge on any atom is -0.279 e. The molecule has 0 saturated carbocycles. The summed E-state index contributed by atoms with van der Waals surface area (Å²) in [5, 5.41) is 5.97. The van der Waals surface area contributed by atoms with Crippen LogP contribution in [0.3, 0.4) is 0 Å². The van der Waals surface area contributed by atoms with E-state index in [0.717, 1.165) is 17.4 Å². The Morgan fingerprint density at radius 2 is 1.92 bits per heavy atom. The number of aryl methyl sites for hydroxylation is 1. The molecule has 26 heavy (non-hydrogen) atoms. The van der Waals surface area contributed by atoms with E-state index in [-0.39, 0.29) is 9.90 Å². The fourth-order valence-corrected chi connectivity index (χ4v) is 4.76. The number of nitrogens with one attached hydrogen (secondary N) is 2. The second-order valence-electron chi connectivity index (χ2n) is 5.35. The number of anilines is 1. The third-order valence-corrected chi connectivity index (χ3v) is 6.61. The number of benzene rings is 1. The Bertz CT molecular complexity index is 1060. The molecular weight excluding hydrogens is 411 g/mol. The summed E-state index contributed by atoms with van der Waals surface area (Å²) in [6.45, 7) is 1.70. The van der Waals surface area contributed by atoms with E-state index in [1.807, 2.05) is 5.10 Å². The molecule has 3 aromatic rings. The van der Waals surface area contributed by atoms with Crippen molar-refractivity contribution >= 4 is 38.6 Å². The molecule has 0 aliphatic heterocycles. The Kier molecular flexibility index (Phi) is 4.76. The molecule has 138 valence electrons. The van der Waals surface area contributed by atoms with E-state index in [4.69, 9.17) is 11.6 Å². The molecule has 0 radical (unpaired) electrons. The van der Waals surface area contributed by atoms with E-state index in [1.165, 1.54) is 18.2 Å². The summed E-state index contributed by atoms with van der Waals surface area (Å²) in [7, 11) is -3.89. The van der Waals surface area contributed by atoms with Gasteiger partial charge in [-0.15, -0.1) is 11.3 Å². The fourth-order valence-electron chi connectivity index (χ4n) is 2.13. The largest absolute Gasteiger partial charge is 0.432 e. The summed E-state index contributed by atoms with van der Waals surface area (Å²) < 4.78 is 65.3. The standard InChI is InChI=1S/C15H11ClF3N3O2S2/c1-8-6-9(16)2-3-10(8)22-26(23,24)14-5-4-12(25-14)11-7-13(21-20-11)15(17,18)19/h2-7,22H,1H3,(H,20,21). The van der Waals surface area contributed by atoms with Gasteiger partial charge in [0.1, 0.15) is 15.6 Å². The molecule has 0 unspecified atom stereocenters. The lowest BCUT2D eigenvalue weighted by Crippen LogP contribution is -2.12. The number of hydrogen-bond donors (Lipinski definition) is 2. The first kappa shape index (κ1) is 18.7. The summed E-state index contributed by atoms with van der Waals surface area (Å²) in [6, 6.07) is 8.25. The molecule has 2 N–H and O–H groups in total. The number of rotatable bonds is 4. The molecule has 2 heterocycles. The first-order valence-electron chi connectivity index (χ1n) is 7.08. The van der Waals surface area contributed by atoms with Crippen LogP contribution < -0.4 is 4.72 Å². The number of nitrogens with zero attached hydrogens (tertiary/aromatic N) is 1. The predicted octanol–water partition coefficient (Wildman–Crippen LogP) is 4.92. The summed E-state index contributed by atoms with van der Waals surface area (Å²) >= 11 is 6.66. The average Bonchev–Trinajstić information content (AvgIpc) is 3.17. The summed E-state index contributed by atoms with van der Waals surface area (Å²) in [5.41, 5.74) is 0.0233. The van der Waals surface area contributed by atoms with Gasteiger partial charge in [0.05, 0.1) is 10.6 Å². The molecule has 2 aromatic heterocycles. The Morgan fingerprint density at radius 1 is 1.19 bits per heavy atom. The highest BCUT2D eigenvalue weighted by molar-refractivity contribution is 7.94. The van der Waals surface area contributed by atoms with Gasteiger partial charge in [-0.1, -0.05) is 11.6 Å². The van der Waals surface area contributed by atoms with E-state index in [2.05, 4.69) is 9.82 Å². The monoisotopic (exact) mass is 421 g/mol. The van der Waals surface area contributed by atoms with Crippen molar-refractivity contribution in [1.29, 1.82) is 0 Å². The molecule has 0 spiro atoms. The average molecular weight is 422 g/mol. The number of halogens is 4. The first-order valence-corrected chi connectivity index (χ1v) is 9.76. The summed E-state index contributed by atoms with van der Waals surface area (Å²) in [4.78, 5) is 0.296. The van der Waals surface area contributed by atoms with Crippen molar-refractivity contribution in [2.24, 2.45) is 0 Å². The molecule has 0 aliphatic rings. The van der Waals surface area contributed by atoms with Crippen LogP contribution in [0.2, 0.25) is 5.02 Å². The van der Waals surface area contributed by atoms with Crippen molar-refractivity contribution in [3.8, 4) is 10.6 Å². The topological polar surface area (TPSA) is 74.8 Å². The smallest absolute Gasteiger partial charge is 0.279 e. The van der Waals surface area contributed by atoms with Crippen LogP contribution in [0.4, 0.5) is 18.9 Å². The highest BCUT2D eigenvalue weighted by Crippen LogP contribution is 2.34. The zero-order valence-corrected chi connectivity index (χ0v) is 15.4. The number of thiophene rings is 1. The summed E-state index contributed by atoms with van der Waals surface area (Å²) in [5.74, 6) is 0. The van der Waals surface area contributed by atoms with Crippen molar-refractivity contribution in [1.82, 2.24) is 10.2 Å². The lowest BCUT2D eigenvalue weighted by molar-refractivity contribution is -0.141. The number of alkyl halides is 3. The van der Waals surface area contributed by atoms with Crippen LogP contribution in [-0.4, -0.2) is 18.6 Å². The molecule has 0 saturated heterocycles. The van der Waals surface area contributed by atoms with Gasteiger partial charge in [0.15, 0.2) is 0 Å². The Balaban J connectivity index is 1.87. The Hall–Kier alpha value is -2.04. The van der Waals surface area contributed by atoms with Gasteiger partial charge in [-0.25, -0.2) is 8.42 Å². The molecule has 5 nitrogen and oxygen atoms in total. The van der Waals surface area contributed by atoms with Crippen molar-refractivity contribution < 1.29 is 21.6 Å². The molecule has 11 heteroatoms. The lowest BCUT2D eigenvalue weighted by atomic mass is 10.2. The lowest BCUT2D eigenvalue weighted by Gasteiger charge is -2.09. The van der Waals surface area contributed by atoms with E-state index < -0.39 is 21.9 Å². The number of sulfonamides is 1. The van der Waals surface area contributed by atoms with Gasteiger partial charge in [0.2, 0.25) is 0 Å². The molecule has 0 aliphatic carbocycles. The minimum atomic E-state index is -4.55. The van der Waals surface area contributed by atoms with Crippen molar-refractivity contribution in [2.45, 2.75) is 17.3 Å². The van der Waals surface area contributed by atoms with Crippen molar-refractivity contribution in [3.05, 3.63) is 52.7 Å². The molecular formula is C15H11ClF3N3O2S2. The maximum Gasteiger partial charge on any atom is 0.432 e. The van der Waals surface area contributed by atoms with Crippen LogP contribution in [0.5, 0.6) is 0 Å². The number of aromatic nitrogens is 2. The van der Waals surface area contributed by atoms with Crippen LogP contribution in [0, 0.1) is 6.92 Å². The zero-order valence-electron chi connectivity index (χ0n) is 13.1. The molecule has 1 aromatic carbocycles. The second kappa shape index (κ2) is 6.60. The first-order chi connectivity index (χ1) is 12.1. The van der Waals surface area contributed by atoms with Crippen LogP contribution in [-0.2, 0) is 16.2 Å². The summed E-state index contributed by atoms with van der Waals surface area (Å²) in [6.07, 6.45) is -4.55. The van der Waals surface area contributed by atoms with Crippen LogP contribution in [0.1, 0.15) is 11.3 Å². The van der Waals surface area contributed by atoms with Gasteiger partial charge in [-0.3, -0.25) is 9.82 Å². The van der Waals surface area contributed by atoms with Gasteiger partial charge >= 0.3 is 6.18 Å². The van der Waals surface area contributed by atoms with Crippen molar-refractivity contribution in [2.75, 3.05) is 4.72 Å². The van der Waals surface area contributed by atoms with E-state index in [0.29, 0.717) is 21.2 Å². The molecule has 3 rings (SSSR count). The molecule has 0 atom stereocenters. The highest BCUT2D eigenvalue weighted by Gasteiger charge is 2.33. The van der Waals surface area contributed by atoms with Crippen LogP contribution in [0.25, 0.3) is 10.6 Å². The van der Waals surface area contributed by atoms with Gasteiger partial charge in [0.25, 0.3) is 10.0 Å². The fraction of sp³-hybridized carbons (Fsp3) is 0.133. The predicted molar refractivity (Wildman–Crippen MR) is 93.9 cm³/mol. The third-order valence-electron chi connectivity index (χ3n) is 3.41. The SMILES string of the molecule is Cc1cc(Cl)ccc1NS(=O)(=O)c1ccc(-c2cc(C(F)(F)F)[nH]n2)s1. The molecule has 0 bridgehead atoms. The second-order valence-corrected chi connectivity index (χ2v) is 8.78. The van der Waals surface area contributed by atoms with Gasteiger partial charge in [0, 0.05) is 5.02 Å². The Labute approximate surface area is 155 Å². The molecule has 0 fully saturated rings.